The SMILES string of the molecule is O=C(Cc1c(-c2ccccc2)[nH]c2ccccc12)N(Cc1ccoc1)C1CC1. The number of carbonyl (C=O) groups excluding carboxylic acids is 1. The molecule has 1 N–H and O–H groups in total. The highest BCUT2D eigenvalue weighted by atomic mass is 16.3. The van der Waals surface area contributed by atoms with E-state index in [1.807, 2.05) is 41.3 Å². The first-order valence-corrected chi connectivity index (χ1v) is 9.75. The molecule has 0 saturated heterocycles. The molecule has 28 heavy (non-hydrogen) atoms. The van der Waals surface area contributed by atoms with Gasteiger partial charge in [0.05, 0.1) is 24.6 Å². The third-order valence-electron chi connectivity index (χ3n) is 5.45. The van der Waals surface area contributed by atoms with Crippen LogP contribution in [0.1, 0.15) is 24.0 Å². The molecule has 1 saturated carbocycles. The Morgan fingerprint density at radius 3 is 2.57 bits per heavy atom. The van der Waals surface area contributed by atoms with E-state index in [1.54, 1.807) is 12.5 Å². The van der Waals surface area contributed by atoms with Gasteiger partial charge in [0.15, 0.2) is 0 Å². The molecule has 140 valence electrons. The molecule has 2 aromatic heterocycles. The van der Waals surface area contributed by atoms with Gasteiger partial charge in [-0.2, -0.15) is 0 Å². The fourth-order valence-corrected chi connectivity index (χ4v) is 3.87. The summed E-state index contributed by atoms with van der Waals surface area (Å²) >= 11 is 0. The fourth-order valence-electron chi connectivity index (χ4n) is 3.87. The van der Waals surface area contributed by atoms with Crippen molar-refractivity contribution >= 4 is 16.8 Å². The Kier molecular flexibility index (Phi) is 4.24. The first-order valence-electron chi connectivity index (χ1n) is 9.75. The summed E-state index contributed by atoms with van der Waals surface area (Å²) in [5, 5.41) is 1.12. The van der Waals surface area contributed by atoms with Crippen molar-refractivity contribution in [1.29, 1.82) is 0 Å². The zero-order chi connectivity index (χ0) is 18.9. The number of aromatic nitrogens is 1. The first kappa shape index (κ1) is 16.9. The fraction of sp³-hybridized carbons (Fsp3) is 0.208. The minimum atomic E-state index is 0.172. The van der Waals surface area contributed by atoms with Crippen LogP contribution < -0.4 is 0 Å². The molecule has 0 radical (unpaired) electrons. The van der Waals surface area contributed by atoms with Gasteiger partial charge in [-0.05, 0) is 36.1 Å². The molecule has 0 aliphatic heterocycles. The largest absolute Gasteiger partial charge is 0.472 e. The van der Waals surface area contributed by atoms with Gasteiger partial charge in [-0.15, -0.1) is 0 Å². The standard InChI is InChI=1S/C24H22N2O2/c27-23(26(19-10-11-19)15-17-12-13-28-16-17)14-21-20-8-4-5-9-22(20)25-24(21)18-6-2-1-3-7-18/h1-9,12-13,16,19,25H,10-11,14-15H2. The number of furan rings is 1. The van der Waals surface area contributed by atoms with Gasteiger partial charge in [0.2, 0.25) is 5.91 Å². The van der Waals surface area contributed by atoms with Gasteiger partial charge >= 0.3 is 0 Å². The zero-order valence-electron chi connectivity index (χ0n) is 15.6. The molecule has 1 aliphatic carbocycles. The van der Waals surface area contributed by atoms with E-state index in [1.165, 1.54) is 0 Å². The average Bonchev–Trinajstić information content (AvgIpc) is 3.31. The molecule has 2 aromatic carbocycles. The Morgan fingerprint density at radius 2 is 1.82 bits per heavy atom. The molecule has 4 nitrogen and oxygen atoms in total. The number of aromatic amines is 1. The number of nitrogens with zero attached hydrogens (tertiary/aromatic N) is 1. The third kappa shape index (κ3) is 3.22. The van der Waals surface area contributed by atoms with Gasteiger partial charge in [0.25, 0.3) is 0 Å². The lowest BCUT2D eigenvalue weighted by Gasteiger charge is -2.22. The Morgan fingerprint density at radius 1 is 1.04 bits per heavy atom. The van der Waals surface area contributed by atoms with Crippen LogP contribution in [0.15, 0.2) is 77.6 Å². The van der Waals surface area contributed by atoms with Gasteiger partial charge in [-0.1, -0.05) is 48.5 Å². The van der Waals surface area contributed by atoms with Crippen LogP contribution in [0.25, 0.3) is 22.2 Å². The topological polar surface area (TPSA) is 49.2 Å². The predicted molar refractivity (Wildman–Crippen MR) is 110 cm³/mol. The number of amides is 1. The molecule has 1 amide bonds. The van der Waals surface area contributed by atoms with Gasteiger partial charge in [-0.3, -0.25) is 4.79 Å². The minimum absolute atomic E-state index is 0.172. The summed E-state index contributed by atoms with van der Waals surface area (Å²) in [5.41, 5.74) is 5.33. The van der Waals surface area contributed by atoms with Crippen molar-refractivity contribution < 1.29 is 9.21 Å². The first-order chi connectivity index (χ1) is 13.8. The van der Waals surface area contributed by atoms with Crippen molar-refractivity contribution in [2.24, 2.45) is 0 Å². The molecule has 0 bridgehead atoms. The maximum atomic E-state index is 13.3. The highest BCUT2D eigenvalue weighted by molar-refractivity contribution is 5.95. The van der Waals surface area contributed by atoms with Crippen molar-refractivity contribution in [3.63, 3.8) is 0 Å². The lowest BCUT2D eigenvalue weighted by Crippen LogP contribution is -2.33. The maximum absolute atomic E-state index is 13.3. The summed E-state index contributed by atoms with van der Waals surface area (Å²) in [7, 11) is 0. The van der Waals surface area contributed by atoms with E-state index in [9.17, 15) is 4.79 Å². The maximum Gasteiger partial charge on any atom is 0.227 e. The van der Waals surface area contributed by atoms with Crippen molar-refractivity contribution in [1.82, 2.24) is 9.88 Å². The summed E-state index contributed by atoms with van der Waals surface area (Å²) in [6, 6.07) is 20.7. The van der Waals surface area contributed by atoms with E-state index < -0.39 is 0 Å². The highest BCUT2D eigenvalue weighted by Crippen LogP contribution is 2.33. The monoisotopic (exact) mass is 370 g/mol. The molecular weight excluding hydrogens is 348 g/mol. The number of benzene rings is 2. The number of H-pyrrole nitrogens is 1. The molecule has 2 heterocycles. The molecular formula is C24H22N2O2. The Hall–Kier alpha value is -3.27. The second-order valence-corrected chi connectivity index (χ2v) is 7.45. The van der Waals surface area contributed by atoms with E-state index in [-0.39, 0.29) is 5.91 Å². The molecule has 0 atom stereocenters. The lowest BCUT2D eigenvalue weighted by molar-refractivity contribution is -0.131. The van der Waals surface area contributed by atoms with Crippen LogP contribution in [0.3, 0.4) is 0 Å². The lowest BCUT2D eigenvalue weighted by atomic mass is 10.0. The number of fused-ring (bicyclic) bond motifs is 1. The average molecular weight is 370 g/mol. The van der Waals surface area contributed by atoms with Crippen molar-refractivity contribution in [3.8, 4) is 11.3 Å². The summed E-state index contributed by atoms with van der Waals surface area (Å²) < 4.78 is 5.19. The van der Waals surface area contributed by atoms with Gasteiger partial charge in [0, 0.05) is 29.1 Å². The van der Waals surface area contributed by atoms with Crippen LogP contribution in [0.4, 0.5) is 0 Å². The summed E-state index contributed by atoms with van der Waals surface area (Å²) in [4.78, 5) is 18.9. The number of para-hydroxylation sites is 1. The summed E-state index contributed by atoms with van der Waals surface area (Å²) in [6.45, 7) is 0.614. The quantitative estimate of drug-likeness (QED) is 0.509. The summed E-state index contributed by atoms with van der Waals surface area (Å²) in [6.07, 6.45) is 5.95. The van der Waals surface area contributed by atoms with Crippen LogP contribution in [0, 0.1) is 0 Å². The van der Waals surface area contributed by atoms with Gasteiger partial charge in [0.1, 0.15) is 0 Å². The molecule has 4 heteroatoms. The van der Waals surface area contributed by atoms with Crippen LogP contribution in [-0.4, -0.2) is 21.8 Å². The smallest absolute Gasteiger partial charge is 0.227 e. The van der Waals surface area contributed by atoms with E-state index in [2.05, 4.69) is 29.2 Å². The van der Waals surface area contributed by atoms with Crippen LogP contribution in [-0.2, 0) is 17.8 Å². The van der Waals surface area contributed by atoms with Crippen LogP contribution in [0.5, 0.6) is 0 Å². The van der Waals surface area contributed by atoms with E-state index in [4.69, 9.17) is 4.42 Å². The summed E-state index contributed by atoms with van der Waals surface area (Å²) in [5.74, 6) is 0.172. The predicted octanol–water partition coefficient (Wildman–Crippen LogP) is 5.16. The zero-order valence-corrected chi connectivity index (χ0v) is 15.6. The van der Waals surface area contributed by atoms with Crippen molar-refractivity contribution in [3.05, 3.63) is 84.3 Å². The van der Waals surface area contributed by atoms with Gasteiger partial charge < -0.3 is 14.3 Å². The van der Waals surface area contributed by atoms with Crippen molar-refractivity contribution in [2.75, 3.05) is 0 Å². The number of rotatable bonds is 6. The van der Waals surface area contributed by atoms with Crippen LogP contribution >= 0.6 is 0 Å². The van der Waals surface area contributed by atoms with E-state index >= 15 is 0 Å². The minimum Gasteiger partial charge on any atom is -0.472 e. The molecule has 5 rings (SSSR count). The Balaban J connectivity index is 1.50. The number of carbonyl (C=O) groups is 1. The molecule has 0 spiro atoms. The number of hydrogen-bond acceptors (Lipinski definition) is 2. The Labute approximate surface area is 163 Å². The molecule has 0 unspecified atom stereocenters. The van der Waals surface area contributed by atoms with E-state index in [0.717, 1.165) is 46.1 Å². The van der Waals surface area contributed by atoms with E-state index in [0.29, 0.717) is 19.0 Å². The molecule has 1 aliphatic rings. The van der Waals surface area contributed by atoms with Crippen molar-refractivity contribution in [2.45, 2.75) is 31.8 Å². The number of nitrogens with one attached hydrogen (secondary N) is 1. The Bertz CT molecular complexity index is 1090. The second kappa shape index (κ2) is 7.04. The molecule has 1 fully saturated rings. The number of hydrogen-bond donors (Lipinski definition) is 1. The van der Waals surface area contributed by atoms with Crippen LogP contribution in [0.2, 0.25) is 0 Å². The van der Waals surface area contributed by atoms with Gasteiger partial charge in [-0.25, -0.2) is 0 Å². The third-order valence-corrected chi connectivity index (χ3v) is 5.45. The second-order valence-electron chi connectivity index (χ2n) is 7.45. The molecule has 4 aromatic rings. The normalized spacial score (nSPS) is 13.7. The highest BCUT2D eigenvalue weighted by Gasteiger charge is 2.33.